The maximum Gasteiger partial charge on any atom is 0.115 e. The molecular weight excluding hydrogens is 192 g/mol. The monoisotopic (exact) mass is 201 g/mol. The van der Waals surface area contributed by atoms with Gasteiger partial charge in [-0.25, -0.2) is 8.42 Å². The Morgan fingerprint density at radius 1 is 1.46 bits per heavy atom. The number of aryl methyl sites for hydroxylation is 1. The molecule has 0 bridgehead atoms. The van der Waals surface area contributed by atoms with Crippen molar-refractivity contribution in [2.75, 3.05) is 0 Å². The van der Waals surface area contributed by atoms with Crippen molar-refractivity contribution < 1.29 is 18.1 Å². The Hall–Kier alpha value is -1.07. The van der Waals surface area contributed by atoms with Gasteiger partial charge < -0.3 is 9.66 Å². The Morgan fingerprint density at radius 3 is 2.62 bits per heavy atom. The Labute approximate surface area is 76.6 Å². The minimum Gasteiger partial charge on any atom is -0.748 e. The first-order valence-corrected chi connectivity index (χ1v) is 5.18. The molecule has 0 aliphatic rings. The van der Waals surface area contributed by atoms with Gasteiger partial charge in [0.05, 0.1) is 15.9 Å². The average Bonchev–Trinajstić information content (AvgIpc) is 1.94. The van der Waals surface area contributed by atoms with Gasteiger partial charge in [-0.2, -0.15) is 0 Å². The van der Waals surface area contributed by atoms with E-state index in [4.69, 9.17) is 5.11 Å². The van der Waals surface area contributed by atoms with Crippen LogP contribution in [0.1, 0.15) is 11.1 Å². The summed E-state index contributed by atoms with van der Waals surface area (Å²) >= 11 is 0. The molecule has 0 heterocycles. The zero-order valence-electron chi connectivity index (χ0n) is 7.02. The fraction of sp³-hybridized carbons (Fsp3) is 0.250. The van der Waals surface area contributed by atoms with E-state index in [9.17, 15) is 13.0 Å². The summed E-state index contributed by atoms with van der Waals surface area (Å²) in [7, 11) is -4.28. The van der Waals surface area contributed by atoms with E-state index in [0.717, 1.165) is 0 Å². The molecule has 4 nitrogen and oxygen atoms in total. The van der Waals surface area contributed by atoms with Crippen LogP contribution in [0.3, 0.4) is 0 Å². The number of hydrogen-bond donors (Lipinski definition) is 1. The summed E-state index contributed by atoms with van der Waals surface area (Å²) < 4.78 is 31.3. The third-order valence-electron chi connectivity index (χ3n) is 1.66. The minimum atomic E-state index is -4.28. The van der Waals surface area contributed by atoms with Gasteiger partial charge in [-0.1, -0.05) is 6.07 Å². The summed E-state index contributed by atoms with van der Waals surface area (Å²) in [6.07, 6.45) is 0. The molecule has 0 amide bonds. The van der Waals surface area contributed by atoms with Crippen molar-refractivity contribution in [3.63, 3.8) is 0 Å². The molecule has 0 aliphatic carbocycles. The van der Waals surface area contributed by atoms with E-state index >= 15 is 0 Å². The van der Waals surface area contributed by atoms with Crippen molar-refractivity contribution in [1.29, 1.82) is 0 Å². The highest BCUT2D eigenvalue weighted by molar-refractivity contribution is 7.84. The van der Waals surface area contributed by atoms with E-state index in [1.54, 1.807) is 13.0 Å². The molecule has 1 rings (SSSR count). The number of hydrogen-bond acceptors (Lipinski definition) is 4. The van der Waals surface area contributed by atoms with E-state index in [-0.39, 0.29) is 5.75 Å². The summed E-state index contributed by atoms with van der Waals surface area (Å²) in [4.78, 5) is 0. The quantitative estimate of drug-likeness (QED) is 0.716. The largest absolute Gasteiger partial charge is 0.748 e. The zero-order valence-corrected chi connectivity index (χ0v) is 7.84. The lowest BCUT2D eigenvalue weighted by Gasteiger charge is -2.09. The molecule has 0 saturated heterocycles. The van der Waals surface area contributed by atoms with E-state index in [1.165, 1.54) is 12.1 Å². The van der Waals surface area contributed by atoms with Gasteiger partial charge in [-0.3, -0.25) is 0 Å². The molecule has 0 aromatic heterocycles. The fourth-order valence-corrected chi connectivity index (χ4v) is 1.70. The third-order valence-corrected chi connectivity index (χ3v) is 2.33. The molecule has 1 aromatic rings. The lowest BCUT2D eigenvalue weighted by Crippen LogP contribution is -2.03. The zero-order chi connectivity index (χ0) is 10.1. The topological polar surface area (TPSA) is 77.4 Å². The molecule has 0 fully saturated rings. The Morgan fingerprint density at radius 2 is 2.08 bits per heavy atom. The summed E-state index contributed by atoms with van der Waals surface area (Å²) in [6, 6.07) is 4.29. The first-order chi connectivity index (χ1) is 5.88. The van der Waals surface area contributed by atoms with Gasteiger partial charge in [0.25, 0.3) is 0 Å². The van der Waals surface area contributed by atoms with Crippen LogP contribution < -0.4 is 0 Å². The van der Waals surface area contributed by atoms with Gasteiger partial charge in [0.15, 0.2) is 0 Å². The van der Waals surface area contributed by atoms with Crippen LogP contribution in [-0.4, -0.2) is 18.1 Å². The standard InChI is InChI=1S/C8H10O4S/c1-6-2-3-8(9)4-7(6)5-13(10,11)12/h2-4,9H,5H2,1H3,(H,10,11,12)/p-1. The summed E-state index contributed by atoms with van der Waals surface area (Å²) in [5, 5.41) is 9.04. The fourth-order valence-electron chi connectivity index (χ4n) is 1.00. The van der Waals surface area contributed by atoms with Gasteiger partial charge >= 0.3 is 0 Å². The van der Waals surface area contributed by atoms with Crippen molar-refractivity contribution in [1.82, 2.24) is 0 Å². The Balaban J connectivity index is 3.08. The molecule has 1 N–H and O–H groups in total. The van der Waals surface area contributed by atoms with Crippen molar-refractivity contribution >= 4 is 10.1 Å². The molecule has 0 radical (unpaired) electrons. The van der Waals surface area contributed by atoms with Gasteiger partial charge in [-0.05, 0) is 30.2 Å². The third kappa shape index (κ3) is 3.04. The molecule has 1 aromatic carbocycles. The van der Waals surface area contributed by atoms with Crippen LogP contribution in [0.5, 0.6) is 5.75 Å². The Bertz CT molecular complexity index is 408. The van der Waals surface area contributed by atoms with Crippen LogP contribution in [0.4, 0.5) is 0 Å². The second-order valence-corrected chi connectivity index (χ2v) is 4.22. The Kier molecular flexibility index (Phi) is 2.58. The predicted molar refractivity (Wildman–Crippen MR) is 46.2 cm³/mol. The first-order valence-electron chi connectivity index (χ1n) is 3.60. The van der Waals surface area contributed by atoms with Crippen LogP contribution in [-0.2, 0) is 15.9 Å². The van der Waals surface area contributed by atoms with Crippen molar-refractivity contribution in [3.8, 4) is 5.75 Å². The van der Waals surface area contributed by atoms with Crippen molar-refractivity contribution in [2.24, 2.45) is 0 Å². The van der Waals surface area contributed by atoms with Crippen molar-refractivity contribution in [3.05, 3.63) is 29.3 Å². The van der Waals surface area contributed by atoms with Crippen molar-refractivity contribution in [2.45, 2.75) is 12.7 Å². The predicted octanol–water partition coefficient (Wildman–Crippen LogP) is 0.746. The SMILES string of the molecule is Cc1ccc(O)cc1CS(=O)(=O)[O-]. The number of phenols is 1. The molecule has 0 spiro atoms. The second kappa shape index (κ2) is 3.35. The van der Waals surface area contributed by atoms with Crippen LogP contribution in [0.2, 0.25) is 0 Å². The minimum absolute atomic E-state index is 0.0377. The number of benzene rings is 1. The molecule has 5 heteroatoms. The molecule has 0 saturated carbocycles. The van der Waals surface area contributed by atoms with Crippen LogP contribution in [0, 0.1) is 6.92 Å². The molecule has 13 heavy (non-hydrogen) atoms. The van der Waals surface area contributed by atoms with Gasteiger partial charge in [0.1, 0.15) is 5.75 Å². The highest BCUT2D eigenvalue weighted by atomic mass is 32.2. The normalized spacial score (nSPS) is 11.5. The molecule has 0 atom stereocenters. The summed E-state index contributed by atoms with van der Waals surface area (Å²) in [6.45, 7) is 1.68. The summed E-state index contributed by atoms with van der Waals surface area (Å²) in [5.41, 5.74) is 1.02. The van der Waals surface area contributed by atoms with Crippen LogP contribution in [0.15, 0.2) is 18.2 Å². The lowest BCUT2D eigenvalue weighted by atomic mass is 10.1. The number of rotatable bonds is 2. The first kappa shape index (κ1) is 10.0. The maximum atomic E-state index is 10.4. The molecule has 0 aliphatic heterocycles. The second-order valence-electron chi connectivity index (χ2n) is 2.81. The van der Waals surface area contributed by atoms with Gasteiger partial charge in [0.2, 0.25) is 0 Å². The molecule has 72 valence electrons. The summed E-state index contributed by atoms with van der Waals surface area (Å²) in [5.74, 6) is -0.614. The van der Waals surface area contributed by atoms with Gasteiger partial charge in [0, 0.05) is 0 Å². The van der Waals surface area contributed by atoms with E-state index in [2.05, 4.69) is 0 Å². The maximum absolute atomic E-state index is 10.4. The van der Waals surface area contributed by atoms with Crippen LogP contribution in [0.25, 0.3) is 0 Å². The van der Waals surface area contributed by atoms with E-state index in [1.807, 2.05) is 0 Å². The highest BCUT2D eigenvalue weighted by Crippen LogP contribution is 2.17. The lowest BCUT2D eigenvalue weighted by molar-refractivity contribution is 0.461. The average molecular weight is 201 g/mol. The number of aromatic hydroxyl groups is 1. The van der Waals surface area contributed by atoms with E-state index in [0.29, 0.717) is 11.1 Å². The highest BCUT2D eigenvalue weighted by Gasteiger charge is 2.03. The van der Waals surface area contributed by atoms with Gasteiger partial charge in [-0.15, -0.1) is 0 Å². The van der Waals surface area contributed by atoms with E-state index < -0.39 is 15.9 Å². The smallest absolute Gasteiger partial charge is 0.115 e. The number of phenolic OH excluding ortho intramolecular Hbond substituents is 1. The molecular formula is C8H9O4S-. The molecule has 0 unspecified atom stereocenters. The van der Waals surface area contributed by atoms with Crippen LogP contribution >= 0.6 is 0 Å².